The zero-order chi connectivity index (χ0) is 14.0. The fraction of sp³-hybridized carbons (Fsp3) is 0.0833. The molecule has 0 atom stereocenters. The van der Waals surface area contributed by atoms with Crippen LogP contribution in [0.4, 0.5) is 5.69 Å². The second kappa shape index (κ2) is 5.86. The van der Waals surface area contributed by atoms with Crippen LogP contribution in [0.3, 0.4) is 0 Å². The Balaban J connectivity index is 2.12. The third kappa shape index (κ3) is 3.43. The van der Waals surface area contributed by atoms with E-state index in [2.05, 4.69) is 21.2 Å². The summed E-state index contributed by atoms with van der Waals surface area (Å²) in [6.45, 7) is 0.286. The van der Waals surface area contributed by atoms with Crippen LogP contribution < -0.4 is 5.32 Å². The lowest BCUT2D eigenvalue weighted by Crippen LogP contribution is -2.00. The molecule has 2 aromatic rings. The summed E-state index contributed by atoms with van der Waals surface area (Å²) in [6, 6.07) is 6.39. The van der Waals surface area contributed by atoms with Crippen molar-refractivity contribution in [3.63, 3.8) is 0 Å². The van der Waals surface area contributed by atoms with Gasteiger partial charge in [0.15, 0.2) is 0 Å². The number of halogens is 3. The molecule has 0 amide bonds. The molecule has 0 saturated heterocycles. The number of hydrogen-bond acceptors (Lipinski definition) is 3. The highest BCUT2D eigenvalue weighted by Gasteiger charge is 2.11. The molecule has 19 heavy (non-hydrogen) atoms. The van der Waals surface area contributed by atoms with Crippen LogP contribution in [-0.4, -0.2) is 11.1 Å². The fourth-order valence-electron chi connectivity index (χ4n) is 1.47. The monoisotopic (exact) mass is 363 g/mol. The van der Waals surface area contributed by atoms with E-state index in [1.54, 1.807) is 18.2 Å². The summed E-state index contributed by atoms with van der Waals surface area (Å²) in [5.41, 5.74) is 0.569. The first-order valence-corrected chi connectivity index (χ1v) is 6.72. The molecule has 1 aromatic carbocycles. The maximum atomic E-state index is 10.7. The molecule has 0 aliphatic rings. The number of hydrogen-bond donors (Lipinski definition) is 2. The minimum Gasteiger partial charge on any atom is -0.475 e. The number of anilines is 1. The zero-order valence-electron chi connectivity index (χ0n) is 9.41. The average molecular weight is 365 g/mol. The Hall–Kier alpha value is -1.17. The lowest BCUT2D eigenvalue weighted by molar-refractivity contribution is 0.0660. The summed E-state index contributed by atoms with van der Waals surface area (Å²) in [4.78, 5) is 10.7. The standard InChI is InChI=1S/C12H8BrCl2NO3/c13-6-3-8(14)11(9(15)4-6)16-5-7-1-2-10(19-7)12(17)18/h1-4,16H,5H2,(H,17,18). The molecule has 0 aliphatic carbocycles. The molecule has 2 rings (SSSR count). The van der Waals surface area contributed by atoms with Crippen molar-refractivity contribution in [1.82, 2.24) is 0 Å². The number of benzene rings is 1. The van der Waals surface area contributed by atoms with E-state index >= 15 is 0 Å². The number of carboxylic acid groups (broad SMARTS) is 1. The third-order valence-electron chi connectivity index (χ3n) is 2.32. The van der Waals surface area contributed by atoms with Gasteiger partial charge in [-0.05, 0) is 24.3 Å². The van der Waals surface area contributed by atoms with Gasteiger partial charge in [-0.15, -0.1) is 0 Å². The zero-order valence-corrected chi connectivity index (χ0v) is 12.5. The van der Waals surface area contributed by atoms with E-state index < -0.39 is 5.97 Å². The van der Waals surface area contributed by atoms with Crippen molar-refractivity contribution < 1.29 is 14.3 Å². The first kappa shape index (κ1) is 14.2. The quantitative estimate of drug-likeness (QED) is 0.828. The third-order valence-corrected chi connectivity index (χ3v) is 3.37. The normalized spacial score (nSPS) is 10.5. The van der Waals surface area contributed by atoms with Gasteiger partial charge in [0.1, 0.15) is 5.76 Å². The van der Waals surface area contributed by atoms with Crippen molar-refractivity contribution in [2.24, 2.45) is 0 Å². The lowest BCUT2D eigenvalue weighted by Gasteiger charge is -2.09. The van der Waals surface area contributed by atoms with Gasteiger partial charge in [0, 0.05) is 4.47 Å². The molecule has 100 valence electrons. The molecule has 0 radical (unpaired) electrons. The van der Waals surface area contributed by atoms with Crippen LogP contribution in [0.2, 0.25) is 10.0 Å². The highest BCUT2D eigenvalue weighted by Crippen LogP contribution is 2.34. The number of carbonyl (C=O) groups is 1. The predicted molar refractivity (Wildman–Crippen MR) is 77.2 cm³/mol. The Bertz CT molecular complexity index is 604. The minimum absolute atomic E-state index is 0.107. The molecular formula is C12H8BrCl2NO3. The molecule has 2 N–H and O–H groups in total. The Morgan fingerprint density at radius 1 is 1.32 bits per heavy atom. The summed E-state index contributed by atoms with van der Waals surface area (Å²) in [6.07, 6.45) is 0. The largest absolute Gasteiger partial charge is 0.475 e. The second-order valence-corrected chi connectivity index (χ2v) is 5.40. The number of carboxylic acids is 1. The van der Waals surface area contributed by atoms with Gasteiger partial charge in [0.05, 0.1) is 22.3 Å². The van der Waals surface area contributed by atoms with Crippen molar-refractivity contribution in [1.29, 1.82) is 0 Å². The predicted octanol–water partition coefficient (Wildman–Crippen LogP) is 4.66. The molecular weight excluding hydrogens is 357 g/mol. The number of furan rings is 1. The second-order valence-electron chi connectivity index (χ2n) is 3.67. The van der Waals surface area contributed by atoms with Gasteiger partial charge in [0.2, 0.25) is 5.76 Å². The van der Waals surface area contributed by atoms with Gasteiger partial charge < -0.3 is 14.8 Å². The Kier molecular flexibility index (Phi) is 4.39. The Morgan fingerprint density at radius 2 is 1.95 bits per heavy atom. The summed E-state index contributed by atoms with van der Waals surface area (Å²) >= 11 is 15.4. The average Bonchev–Trinajstić information content (AvgIpc) is 2.76. The van der Waals surface area contributed by atoms with E-state index in [0.717, 1.165) is 4.47 Å². The topological polar surface area (TPSA) is 62.5 Å². The van der Waals surface area contributed by atoms with Crippen LogP contribution in [0, 0.1) is 0 Å². The fourth-order valence-corrected chi connectivity index (χ4v) is 2.82. The van der Waals surface area contributed by atoms with Crippen molar-refractivity contribution >= 4 is 50.8 Å². The summed E-state index contributed by atoms with van der Waals surface area (Å²) in [5.74, 6) is -0.733. The van der Waals surface area contributed by atoms with Crippen LogP contribution >= 0.6 is 39.1 Å². The minimum atomic E-state index is -1.11. The van der Waals surface area contributed by atoms with Crippen LogP contribution in [-0.2, 0) is 6.54 Å². The Morgan fingerprint density at radius 3 is 2.47 bits per heavy atom. The molecule has 0 aliphatic heterocycles. The van der Waals surface area contributed by atoms with Gasteiger partial charge >= 0.3 is 5.97 Å². The summed E-state index contributed by atoms with van der Waals surface area (Å²) in [5, 5.41) is 12.7. The molecule has 1 heterocycles. The molecule has 7 heteroatoms. The van der Waals surface area contributed by atoms with Crippen LogP contribution in [0.1, 0.15) is 16.3 Å². The maximum Gasteiger partial charge on any atom is 0.371 e. The van der Waals surface area contributed by atoms with E-state index in [-0.39, 0.29) is 12.3 Å². The van der Waals surface area contributed by atoms with Gasteiger partial charge in [-0.25, -0.2) is 4.79 Å². The highest BCUT2D eigenvalue weighted by molar-refractivity contribution is 9.10. The highest BCUT2D eigenvalue weighted by atomic mass is 79.9. The first-order valence-electron chi connectivity index (χ1n) is 5.18. The maximum absolute atomic E-state index is 10.7. The van der Waals surface area contributed by atoms with E-state index in [1.807, 2.05) is 0 Å². The molecule has 1 aromatic heterocycles. The van der Waals surface area contributed by atoms with Crippen molar-refractivity contribution in [3.05, 3.63) is 50.3 Å². The van der Waals surface area contributed by atoms with Crippen molar-refractivity contribution in [3.8, 4) is 0 Å². The van der Waals surface area contributed by atoms with Gasteiger partial charge in [-0.1, -0.05) is 39.1 Å². The molecule has 0 saturated carbocycles. The van der Waals surface area contributed by atoms with Crippen LogP contribution in [0.15, 0.2) is 33.2 Å². The lowest BCUT2D eigenvalue weighted by atomic mass is 10.3. The number of nitrogens with one attached hydrogen (secondary N) is 1. The van der Waals surface area contributed by atoms with Crippen LogP contribution in [0.25, 0.3) is 0 Å². The van der Waals surface area contributed by atoms with E-state index in [1.165, 1.54) is 6.07 Å². The number of aromatic carboxylic acids is 1. The Labute approximate surface area is 127 Å². The first-order chi connectivity index (χ1) is 8.97. The molecule has 0 spiro atoms. The molecule has 0 bridgehead atoms. The van der Waals surface area contributed by atoms with Gasteiger partial charge in [-0.2, -0.15) is 0 Å². The van der Waals surface area contributed by atoms with Crippen molar-refractivity contribution in [2.45, 2.75) is 6.54 Å². The van der Waals surface area contributed by atoms with E-state index in [0.29, 0.717) is 21.5 Å². The van der Waals surface area contributed by atoms with E-state index in [9.17, 15) is 4.79 Å². The van der Waals surface area contributed by atoms with Crippen molar-refractivity contribution in [2.75, 3.05) is 5.32 Å². The van der Waals surface area contributed by atoms with Gasteiger partial charge in [-0.3, -0.25) is 0 Å². The van der Waals surface area contributed by atoms with Gasteiger partial charge in [0.25, 0.3) is 0 Å². The molecule has 4 nitrogen and oxygen atoms in total. The summed E-state index contributed by atoms with van der Waals surface area (Å²) < 4.78 is 5.89. The SMILES string of the molecule is O=C(O)c1ccc(CNc2c(Cl)cc(Br)cc2Cl)o1. The smallest absolute Gasteiger partial charge is 0.371 e. The number of rotatable bonds is 4. The van der Waals surface area contributed by atoms with E-state index in [4.69, 9.17) is 32.7 Å². The molecule has 0 fully saturated rings. The van der Waals surface area contributed by atoms with Crippen LogP contribution in [0.5, 0.6) is 0 Å². The summed E-state index contributed by atoms with van der Waals surface area (Å²) in [7, 11) is 0. The molecule has 0 unspecified atom stereocenters.